The normalized spacial score (nSPS) is 12.6. The molecule has 1 N–H and O–H groups in total. The summed E-state index contributed by atoms with van der Waals surface area (Å²) in [6.07, 6.45) is -2.88. The molecule has 0 aliphatic rings. The summed E-state index contributed by atoms with van der Waals surface area (Å²) >= 11 is 0. The molecule has 0 aromatic heterocycles. The third-order valence-corrected chi connectivity index (χ3v) is 1.01. The zero-order valence-electron chi connectivity index (χ0n) is 7.77. The number of nitrogens with zero attached hydrogens (tertiary/aromatic N) is 1. The molecule has 0 aliphatic carbocycles. The Morgan fingerprint density at radius 2 is 2.00 bits per heavy atom. The molecular weight excluding hydrogens is 185 g/mol. The molecule has 0 fully saturated rings. The molecule has 0 atom stereocenters. The monoisotopic (exact) mass is 198 g/mol. The van der Waals surface area contributed by atoms with Gasteiger partial charge in [0, 0.05) is 21.1 Å². The minimum Gasteiger partial charge on any atom is -0.469 e. The highest BCUT2D eigenvalue weighted by Gasteiger charge is 2.28. The zero-order chi connectivity index (χ0) is 10.5. The van der Waals surface area contributed by atoms with Crippen molar-refractivity contribution in [2.24, 2.45) is 0 Å². The summed E-state index contributed by atoms with van der Waals surface area (Å²) in [6.45, 7) is -1.28. The summed E-state index contributed by atoms with van der Waals surface area (Å²) in [5, 5.41) is 2.50. The number of halogens is 3. The third-order valence-electron chi connectivity index (χ3n) is 1.01. The first-order chi connectivity index (χ1) is 5.85. The van der Waals surface area contributed by atoms with E-state index in [0.717, 1.165) is 0 Å². The lowest BCUT2D eigenvalue weighted by Gasteiger charge is -2.14. The molecular formula is C7H13F3N2O. The van der Waals surface area contributed by atoms with Crippen molar-refractivity contribution in [3.63, 3.8) is 0 Å². The van der Waals surface area contributed by atoms with Gasteiger partial charge in [0.2, 0.25) is 5.88 Å². The highest BCUT2D eigenvalue weighted by molar-refractivity contribution is 4.87. The average Bonchev–Trinajstić information content (AvgIpc) is 1.95. The van der Waals surface area contributed by atoms with E-state index in [9.17, 15) is 13.2 Å². The van der Waals surface area contributed by atoms with E-state index in [-0.39, 0.29) is 5.88 Å². The maximum atomic E-state index is 11.7. The van der Waals surface area contributed by atoms with Crippen LogP contribution >= 0.6 is 0 Å². The van der Waals surface area contributed by atoms with Crippen molar-refractivity contribution in [3.05, 3.63) is 12.1 Å². The lowest BCUT2D eigenvalue weighted by atomic mass is 10.6. The second-order valence-corrected chi connectivity index (χ2v) is 2.61. The van der Waals surface area contributed by atoms with Crippen molar-refractivity contribution in [3.8, 4) is 0 Å². The number of nitrogens with one attached hydrogen (secondary N) is 1. The van der Waals surface area contributed by atoms with Crippen LogP contribution in [-0.2, 0) is 4.74 Å². The van der Waals surface area contributed by atoms with Gasteiger partial charge in [0.1, 0.15) is 0 Å². The highest BCUT2D eigenvalue weighted by atomic mass is 19.4. The van der Waals surface area contributed by atoms with E-state index in [4.69, 9.17) is 0 Å². The fourth-order valence-electron chi connectivity index (χ4n) is 0.568. The first kappa shape index (κ1) is 11.9. The van der Waals surface area contributed by atoms with Gasteiger partial charge in [0.25, 0.3) is 0 Å². The van der Waals surface area contributed by atoms with Gasteiger partial charge in [-0.1, -0.05) is 0 Å². The van der Waals surface area contributed by atoms with Crippen molar-refractivity contribution in [2.75, 3.05) is 27.7 Å². The minimum absolute atomic E-state index is 0.0855. The fourth-order valence-corrected chi connectivity index (χ4v) is 0.568. The van der Waals surface area contributed by atoms with Crippen LogP contribution < -0.4 is 5.32 Å². The molecule has 13 heavy (non-hydrogen) atoms. The lowest BCUT2D eigenvalue weighted by Crippen LogP contribution is -2.22. The van der Waals surface area contributed by atoms with Gasteiger partial charge in [-0.2, -0.15) is 13.2 Å². The molecule has 0 aromatic carbocycles. The van der Waals surface area contributed by atoms with Crippen LogP contribution in [0.5, 0.6) is 0 Å². The molecule has 0 unspecified atom stereocenters. The maximum absolute atomic E-state index is 11.7. The van der Waals surface area contributed by atoms with Crippen LogP contribution in [0.15, 0.2) is 12.1 Å². The molecule has 0 aliphatic heterocycles. The smallest absolute Gasteiger partial charge is 0.422 e. The number of rotatable bonds is 4. The lowest BCUT2D eigenvalue weighted by molar-refractivity contribution is -0.166. The summed E-state index contributed by atoms with van der Waals surface area (Å²) in [6, 6.07) is 0. The summed E-state index contributed by atoms with van der Waals surface area (Å²) < 4.78 is 39.5. The number of ether oxygens (including phenoxy) is 1. The van der Waals surface area contributed by atoms with E-state index in [1.165, 1.54) is 13.2 Å². The molecule has 78 valence electrons. The first-order valence-corrected chi connectivity index (χ1v) is 3.60. The van der Waals surface area contributed by atoms with Crippen LogP contribution in [-0.4, -0.2) is 38.8 Å². The van der Waals surface area contributed by atoms with Gasteiger partial charge in [0.15, 0.2) is 6.61 Å². The third kappa shape index (κ3) is 7.30. The van der Waals surface area contributed by atoms with E-state index < -0.39 is 12.8 Å². The zero-order valence-corrected chi connectivity index (χ0v) is 7.77. The summed E-state index contributed by atoms with van der Waals surface area (Å²) in [4.78, 5) is 1.59. The van der Waals surface area contributed by atoms with Gasteiger partial charge >= 0.3 is 6.18 Å². The second-order valence-electron chi connectivity index (χ2n) is 2.61. The minimum atomic E-state index is -4.30. The number of alkyl halides is 3. The average molecular weight is 198 g/mol. The molecule has 0 spiro atoms. The van der Waals surface area contributed by atoms with Crippen LogP contribution in [0.25, 0.3) is 0 Å². The van der Waals surface area contributed by atoms with E-state index >= 15 is 0 Å². The van der Waals surface area contributed by atoms with Crippen LogP contribution in [0, 0.1) is 0 Å². The predicted molar refractivity (Wildman–Crippen MR) is 42.8 cm³/mol. The molecule has 0 saturated carbocycles. The van der Waals surface area contributed by atoms with Crippen molar-refractivity contribution in [1.82, 2.24) is 10.2 Å². The van der Waals surface area contributed by atoms with Gasteiger partial charge in [-0.15, -0.1) is 0 Å². The van der Waals surface area contributed by atoms with Crippen molar-refractivity contribution in [2.45, 2.75) is 6.18 Å². The number of hydrogen-bond donors (Lipinski definition) is 1. The Morgan fingerprint density at radius 1 is 1.46 bits per heavy atom. The molecule has 0 rings (SSSR count). The Labute approximate surface area is 75.2 Å². The van der Waals surface area contributed by atoms with Crippen molar-refractivity contribution < 1.29 is 17.9 Å². The van der Waals surface area contributed by atoms with E-state index in [0.29, 0.717) is 0 Å². The Hall–Kier alpha value is -1.07. The second kappa shape index (κ2) is 4.84. The summed E-state index contributed by atoms with van der Waals surface area (Å²) in [5.74, 6) is 0.0855. The van der Waals surface area contributed by atoms with Crippen LogP contribution in [0.2, 0.25) is 0 Å². The Balaban J connectivity index is 4.00. The standard InChI is InChI=1S/C7H13F3N2O/c1-11-6(4-12(2)3)13-5-7(8,9)10/h4,11H,5H2,1-3H3/b6-4+. The van der Waals surface area contributed by atoms with Gasteiger partial charge in [-0.05, 0) is 0 Å². The fraction of sp³-hybridized carbons (Fsp3) is 0.714. The maximum Gasteiger partial charge on any atom is 0.422 e. The van der Waals surface area contributed by atoms with Crippen molar-refractivity contribution >= 4 is 0 Å². The Bertz CT molecular complexity index is 177. The van der Waals surface area contributed by atoms with E-state index in [2.05, 4.69) is 10.1 Å². The van der Waals surface area contributed by atoms with Gasteiger partial charge < -0.3 is 15.0 Å². The molecule has 6 heteroatoms. The molecule has 0 heterocycles. The van der Waals surface area contributed by atoms with Gasteiger partial charge in [-0.3, -0.25) is 0 Å². The van der Waals surface area contributed by atoms with Crippen molar-refractivity contribution in [1.29, 1.82) is 0 Å². The highest BCUT2D eigenvalue weighted by Crippen LogP contribution is 2.15. The molecule has 0 amide bonds. The topological polar surface area (TPSA) is 24.5 Å². The summed E-state index contributed by atoms with van der Waals surface area (Å²) in [5.41, 5.74) is 0. The number of hydrogen-bond acceptors (Lipinski definition) is 3. The van der Waals surface area contributed by atoms with E-state index in [1.54, 1.807) is 19.0 Å². The molecule has 0 bridgehead atoms. The van der Waals surface area contributed by atoms with Gasteiger partial charge in [-0.25, -0.2) is 0 Å². The SMILES string of the molecule is CN/C(=C\N(C)C)OCC(F)(F)F. The van der Waals surface area contributed by atoms with Crippen LogP contribution in [0.4, 0.5) is 13.2 Å². The Morgan fingerprint density at radius 3 is 2.31 bits per heavy atom. The van der Waals surface area contributed by atoms with E-state index in [1.807, 2.05) is 0 Å². The largest absolute Gasteiger partial charge is 0.469 e. The molecule has 0 radical (unpaired) electrons. The Kier molecular flexibility index (Phi) is 4.44. The first-order valence-electron chi connectivity index (χ1n) is 3.60. The summed E-state index contributed by atoms with van der Waals surface area (Å²) in [7, 11) is 4.87. The van der Waals surface area contributed by atoms with Gasteiger partial charge in [0.05, 0.1) is 6.20 Å². The predicted octanol–water partition coefficient (Wildman–Crippen LogP) is 1.15. The molecule has 0 saturated heterocycles. The molecule has 3 nitrogen and oxygen atoms in total. The quantitative estimate of drug-likeness (QED) is 0.686. The van der Waals surface area contributed by atoms with Crippen LogP contribution in [0.1, 0.15) is 0 Å². The van der Waals surface area contributed by atoms with Crippen LogP contribution in [0.3, 0.4) is 0 Å². The molecule has 0 aromatic rings.